The van der Waals surface area contributed by atoms with E-state index in [1.165, 1.54) is 11.1 Å². The first-order chi connectivity index (χ1) is 9.52. The van der Waals surface area contributed by atoms with E-state index in [4.69, 9.17) is 0 Å². The van der Waals surface area contributed by atoms with Gasteiger partial charge in [-0.2, -0.15) is 0 Å². The molecule has 0 radical (unpaired) electrons. The summed E-state index contributed by atoms with van der Waals surface area (Å²) < 4.78 is 0. The smallest absolute Gasteiger partial charge is 0.221 e. The highest BCUT2D eigenvalue weighted by Crippen LogP contribution is 2.13. The van der Waals surface area contributed by atoms with Crippen molar-refractivity contribution in [2.45, 2.75) is 46.6 Å². The van der Waals surface area contributed by atoms with Gasteiger partial charge in [0.1, 0.15) is 0 Å². The summed E-state index contributed by atoms with van der Waals surface area (Å²) in [7, 11) is 0. The maximum Gasteiger partial charge on any atom is 0.221 e. The normalized spacial score (nSPS) is 12.4. The lowest BCUT2D eigenvalue weighted by molar-refractivity contribution is -0.121. The molecule has 0 saturated heterocycles. The molecule has 0 heterocycles. The minimum atomic E-state index is 0.125. The highest BCUT2D eigenvalue weighted by Gasteiger charge is 2.06. The van der Waals surface area contributed by atoms with E-state index in [9.17, 15) is 4.79 Å². The molecule has 2 N–H and O–H groups in total. The molecule has 20 heavy (non-hydrogen) atoms. The van der Waals surface area contributed by atoms with E-state index in [2.05, 4.69) is 62.6 Å². The summed E-state index contributed by atoms with van der Waals surface area (Å²) in [6, 6.07) is 8.94. The van der Waals surface area contributed by atoms with Crippen molar-refractivity contribution in [2.75, 3.05) is 13.1 Å². The van der Waals surface area contributed by atoms with Gasteiger partial charge in [0.2, 0.25) is 5.91 Å². The predicted octanol–water partition coefficient (Wildman–Crippen LogP) is 3.06. The molecule has 1 rings (SSSR count). The summed E-state index contributed by atoms with van der Waals surface area (Å²) in [4.78, 5) is 11.6. The number of benzene rings is 1. The third kappa shape index (κ3) is 6.20. The molecular formula is C17H28N2O. The van der Waals surface area contributed by atoms with E-state index in [-0.39, 0.29) is 11.9 Å². The van der Waals surface area contributed by atoms with Crippen LogP contribution in [-0.2, 0) is 11.2 Å². The summed E-state index contributed by atoms with van der Waals surface area (Å²) in [6.07, 6.45) is 1.60. The molecule has 1 amide bonds. The van der Waals surface area contributed by atoms with Gasteiger partial charge in [0.15, 0.2) is 0 Å². The van der Waals surface area contributed by atoms with E-state index < -0.39 is 0 Å². The van der Waals surface area contributed by atoms with Crippen molar-refractivity contribution < 1.29 is 4.79 Å². The summed E-state index contributed by atoms with van der Waals surface area (Å²) in [5.41, 5.74) is 2.62. The highest BCUT2D eigenvalue weighted by molar-refractivity contribution is 5.76. The molecular weight excluding hydrogens is 248 g/mol. The van der Waals surface area contributed by atoms with Gasteiger partial charge in [-0.1, -0.05) is 45.0 Å². The van der Waals surface area contributed by atoms with Crippen molar-refractivity contribution in [2.24, 2.45) is 5.92 Å². The van der Waals surface area contributed by atoms with Crippen molar-refractivity contribution in [1.29, 1.82) is 0 Å². The fourth-order valence-electron chi connectivity index (χ4n) is 1.97. The van der Waals surface area contributed by atoms with Crippen LogP contribution in [0.5, 0.6) is 0 Å². The van der Waals surface area contributed by atoms with Crippen molar-refractivity contribution in [3.05, 3.63) is 35.4 Å². The molecule has 0 spiro atoms. The molecule has 0 aliphatic heterocycles. The zero-order valence-corrected chi connectivity index (χ0v) is 13.2. The molecule has 0 fully saturated rings. The Morgan fingerprint density at radius 1 is 1.15 bits per heavy atom. The van der Waals surface area contributed by atoms with Gasteiger partial charge in [-0.15, -0.1) is 0 Å². The zero-order valence-electron chi connectivity index (χ0n) is 13.2. The third-order valence-corrected chi connectivity index (χ3v) is 3.40. The van der Waals surface area contributed by atoms with Crippen LogP contribution < -0.4 is 10.6 Å². The van der Waals surface area contributed by atoms with Crippen LogP contribution in [0.3, 0.4) is 0 Å². The van der Waals surface area contributed by atoms with Crippen LogP contribution in [0.2, 0.25) is 0 Å². The monoisotopic (exact) mass is 276 g/mol. The SMILES string of the molecule is CCc1ccc(C(C)NCCC(=O)NCC(C)C)cc1. The highest BCUT2D eigenvalue weighted by atomic mass is 16.1. The van der Waals surface area contributed by atoms with Crippen molar-refractivity contribution in [3.8, 4) is 0 Å². The number of carbonyl (C=O) groups excluding carboxylic acids is 1. The number of hydrogen-bond donors (Lipinski definition) is 2. The number of nitrogens with one attached hydrogen (secondary N) is 2. The number of aryl methyl sites for hydroxylation is 1. The first kappa shape index (κ1) is 16.7. The topological polar surface area (TPSA) is 41.1 Å². The molecule has 0 bridgehead atoms. The van der Waals surface area contributed by atoms with Gasteiger partial charge < -0.3 is 10.6 Å². The van der Waals surface area contributed by atoms with Crippen molar-refractivity contribution >= 4 is 5.91 Å². The van der Waals surface area contributed by atoms with Crippen LogP contribution in [-0.4, -0.2) is 19.0 Å². The number of carbonyl (C=O) groups is 1. The molecule has 0 aliphatic rings. The quantitative estimate of drug-likeness (QED) is 0.766. The Bertz CT molecular complexity index is 398. The second-order valence-corrected chi connectivity index (χ2v) is 5.72. The van der Waals surface area contributed by atoms with Crippen molar-refractivity contribution in [1.82, 2.24) is 10.6 Å². The molecule has 0 saturated carbocycles. The van der Waals surface area contributed by atoms with Crippen LogP contribution in [0.15, 0.2) is 24.3 Å². The average molecular weight is 276 g/mol. The lowest BCUT2D eigenvalue weighted by Crippen LogP contribution is -2.31. The molecule has 1 aromatic rings. The van der Waals surface area contributed by atoms with E-state index in [0.717, 1.165) is 13.0 Å². The molecule has 112 valence electrons. The van der Waals surface area contributed by atoms with E-state index in [1.54, 1.807) is 0 Å². The maximum absolute atomic E-state index is 11.6. The van der Waals surface area contributed by atoms with Crippen LogP contribution in [0.4, 0.5) is 0 Å². The maximum atomic E-state index is 11.6. The largest absolute Gasteiger partial charge is 0.356 e. The molecule has 3 heteroatoms. The lowest BCUT2D eigenvalue weighted by Gasteiger charge is -2.15. The van der Waals surface area contributed by atoms with Gasteiger partial charge in [0.05, 0.1) is 0 Å². The molecule has 1 unspecified atom stereocenters. The van der Waals surface area contributed by atoms with Gasteiger partial charge in [-0.3, -0.25) is 4.79 Å². The van der Waals surface area contributed by atoms with Gasteiger partial charge in [-0.25, -0.2) is 0 Å². The summed E-state index contributed by atoms with van der Waals surface area (Å²) >= 11 is 0. The first-order valence-electron chi connectivity index (χ1n) is 7.61. The predicted molar refractivity (Wildman–Crippen MR) is 84.7 cm³/mol. The molecule has 3 nitrogen and oxygen atoms in total. The Hall–Kier alpha value is -1.35. The van der Waals surface area contributed by atoms with Gasteiger partial charge in [0.25, 0.3) is 0 Å². The summed E-state index contributed by atoms with van der Waals surface area (Å²) in [5.74, 6) is 0.627. The Balaban J connectivity index is 2.28. The van der Waals surface area contributed by atoms with E-state index >= 15 is 0 Å². The molecule has 0 aromatic heterocycles. The van der Waals surface area contributed by atoms with Crippen LogP contribution in [0, 0.1) is 5.92 Å². The van der Waals surface area contributed by atoms with Gasteiger partial charge in [0, 0.05) is 25.6 Å². The molecule has 1 atom stereocenters. The standard InChI is InChI=1S/C17H28N2O/c1-5-15-6-8-16(9-7-15)14(4)18-11-10-17(20)19-12-13(2)3/h6-9,13-14,18H,5,10-12H2,1-4H3,(H,19,20). The van der Waals surface area contributed by atoms with Crippen molar-refractivity contribution in [3.63, 3.8) is 0 Å². The Morgan fingerprint density at radius 2 is 1.80 bits per heavy atom. The number of amides is 1. The molecule has 1 aromatic carbocycles. The Labute approximate surface area is 123 Å². The fourth-order valence-corrected chi connectivity index (χ4v) is 1.97. The first-order valence-corrected chi connectivity index (χ1v) is 7.61. The van der Waals surface area contributed by atoms with Gasteiger partial charge in [-0.05, 0) is 30.4 Å². The number of hydrogen-bond acceptors (Lipinski definition) is 2. The van der Waals surface area contributed by atoms with Crippen LogP contribution in [0.1, 0.15) is 51.3 Å². The minimum absolute atomic E-state index is 0.125. The van der Waals surface area contributed by atoms with E-state index in [1.807, 2.05) is 0 Å². The van der Waals surface area contributed by atoms with Crippen LogP contribution >= 0.6 is 0 Å². The molecule has 0 aliphatic carbocycles. The Morgan fingerprint density at radius 3 is 2.35 bits per heavy atom. The zero-order chi connectivity index (χ0) is 15.0. The lowest BCUT2D eigenvalue weighted by atomic mass is 10.0. The summed E-state index contributed by atoms with van der Waals surface area (Å²) in [5, 5.41) is 6.33. The fraction of sp³-hybridized carbons (Fsp3) is 0.588. The second-order valence-electron chi connectivity index (χ2n) is 5.72. The van der Waals surface area contributed by atoms with Gasteiger partial charge >= 0.3 is 0 Å². The van der Waals surface area contributed by atoms with E-state index in [0.29, 0.717) is 18.9 Å². The van der Waals surface area contributed by atoms with Crippen LogP contribution in [0.25, 0.3) is 0 Å². The third-order valence-electron chi connectivity index (χ3n) is 3.40. The second kappa shape index (κ2) is 8.75. The Kier molecular flexibility index (Phi) is 7.31. The average Bonchev–Trinajstić information content (AvgIpc) is 2.45. The minimum Gasteiger partial charge on any atom is -0.356 e. The summed E-state index contributed by atoms with van der Waals surface area (Å²) in [6.45, 7) is 9.95. The number of rotatable bonds is 8.